The fourth-order valence-electron chi connectivity index (χ4n) is 3.79. The average Bonchev–Trinajstić information content (AvgIpc) is 2.48. The highest BCUT2D eigenvalue weighted by atomic mass is 16.1. The number of carbonyl (C=O) groups excluding carboxylic acids is 1. The predicted octanol–water partition coefficient (Wildman–Crippen LogP) is 2.54. The minimum Gasteiger partial charge on any atom is -0.349 e. The Hall–Kier alpha value is -1.35. The van der Waals surface area contributed by atoms with E-state index >= 15 is 0 Å². The Morgan fingerprint density at radius 3 is 2.75 bits per heavy atom. The number of likely N-dealkylation sites (tertiary alicyclic amines) is 1. The molecule has 1 N–H and O–H groups in total. The summed E-state index contributed by atoms with van der Waals surface area (Å²) in [5.41, 5.74) is 0.776. The van der Waals surface area contributed by atoms with Crippen molar-refractivity contribution in [2.45, 2.75) is 31.7 Å². The van der Waals surface area contributed by atoms with E-state index in [-0.39, 0.29) is 5.91 Å². The number of hydrogen-bond donors (Lipinski definition) is 1. The molecular weight excluding hydrogens is 248 g/mol. The van der Waals surface area contributed by atoms with Crippen molar-refractivity contribution in [3.8, 4) is 0 Å². The zero-order valence-corrected chi connectivity index (χ0v) is 12.2. The second-order valence-electron chi connectivity index (χ2n) is 6.42. The Morgan fingerprint density at radius 1 is 1.15 bits per heavy atom. The SMILES string of the molecule is CN1CC[C@@H]2CC(NC(=O)c3ccccc3)CC[C@H]2C1. The number of benzene rings is 1. The number of piperidine rings is 1. The lowest BCUT2D eigenvalue weighted by molar-refractivity contribution is 0.0771. The summed E-state index contributed by atoms with van der Waals surface area (Å²) in [6.07, 6.45) is 4.85. The van der Waals surface area contributed by atoms with Gasteiger partial charge in [-0.05, 0) is 63.2 Å². The molecule has 1 aromatic carbocycles. The molecule has 1 aliphatic heterocycles. The van der Waals surface area contributed by atoms with Crippen LogP contribution in [0.2, 0.25) is 0 Å². The molecule has 3 nitrogen and oxygen atoms in total. The first-order valence-electron chi connectivity index (χ1n) is 7.77. The van der Waals surface area contributed by atoms with Gasteiger partial charge in [-0.2, -0.15) is 0 Å². The third-order valence-electron chi connectivity index (χ3n) is 4.94. The smallest absolute Gasteiger partial charge is 0.251 e. The van der Waals surface area contributed by atoms with E-state index in [0.29, 0.717) is 6.04 Å². The van der Waals surface area contributed by atoms with E-state index in [1.54, 1.807) is 0 Å². The monoisotopic (exact) mass is 272 g/mol. The Labute approximate surface area is 121 Å². The summed E-state index contributed by atoms with van der Waals surface area (Å²) in [7, 11) is 2.22. The van der Waals surface area contributed by atoms with E-state index in [9.17, 15) is 4.79 Å². The van der Waals surface area contributed by atoms with Crippen LogP contribution in [-0.2, 0) is 0 Å². The van der Waals surface area contributed by atoms with Crippen LogP contribution in [-0.4, -0.2) is 37.0 Å². The number of nitrogens with zero attached hydrogens (tertiary/aromatic N) is 1. The van der Waals surface area contributed by atoms with Crippen LogP contribution in [0.3, 0.4) is 0 Å². The summed E-state index contributed by atoms with van der Waals surface area (Å²) in [5.74, 6) is 1.74. The summed E-state index contributed by atoms with van der Waals surface area (Å²) in [4.78, 5) is 14.7. The van der Waals surface area contributed by atoms with Crippen LogP contribution in [0, 0.1) is 11.8 Å². The first-order valence-corrected chi connectivity index (χ1v) is 7.77. The molecule has 2 aliphatic rings. The zero-order chi connectivity index (χ0) is 13.9. The van der Waals surface area contributed by atoms with Crippen LogP contribution in [0.25, 0.3) is 0 Å². The van der Waals surface area contributed by atoms with Gasteiger partial charge in [-0.1, -0.05) is 18.2 Å². The minimum atomic E-state index is 0.0852. The molecule has 1 heterocycles. The van der Waals surface area contributed by atoms with Crippen molar-refractivity contribution in [2.24, 2.45) is 11.8 Å². The van der Waals surface area contributed by atoms with Crippen molar-refractivity contribution in [3.05, 3.63) is 35.9 Å². The number of carbonyl (C=O) groups is 1. The maximum atomic E-state index is 12.2. The molecule has 0 radical (unpaired) electrons. The summed E-state index contributed by atoms with van der Waals surface area (Å²) in [5, 5.41) is 3.23. The number of amides is 1. The van der Waals surface area contributed by atoms with E-state index in [1.807, 2.05) is 30.3 Å². The van der Waals surface area contributed by atoms with Gasteiger partial charge in [-0.15, -0.1) is 0 Å². The molecule has 0 spiro atoms. The molecule has 1 aromatic rings. The van der Waals surface area contributed by atoms with Gasteiger partial charge in [-0.3, -0.25) is 4.79 Å². The van der Waals surface area contributed by atoms with Crippen molar-refractivity contribution >= 4 is 5.91 Å². The summed E-state index contributed by atoms with van der Waals surface area (Å²) < 4.78 is 0. The van der Waals surface area contributed by atoms with Crippen molar-refractivity contribution in [3.63, 3.8) is 0 Å². The molecule has 0 bridgehead atoms. The number of rotatable bonds is 2. The molecular formula is C17H24N2O. The summed E-state index contributed by atoms with van der Waals surface area (Å²) in [6, 6.07) is 9.92. The molecule has 1 unspecified atom stereocenters. The fraction of sp³-hybridized carbons (Fsp3) is 0.588. The Kier molecular flexibility index (Phi) is 4.06. The summed E-state index contributed by atoms with van der Waals surface area (Å²) >= 11 is 0. The van der Waals surface area contributed by atoms with E-state index in [4.69, 9.17) is 0 Å². The van der Waals surface area contributed by atoms with E-state index < -0.39 is 0 Å². The maximum absolute atomic E-state index is 12.2. The second-order valence-corrected chi connectivity index (χ2v) is 6.42. The highest BCUT2D eigenvalue weighted by Gasteiger charge is 2.34. The molecule has 1 saturated heterocycles. The van der Waals surface area contributed by atoms with Gasteiger partial charge in [0, 0.05) is 18.2 Å². The van der Waals surface area contributed by atoms with Crippen LogP contribution in [0.4, 0.5) is 0 Å². The maximum Gasteiger partial charge on any atom is 0.251 e. The average molecular weight is 272 g/mol. The van der Waals surface area contributed by atoms with Crippen LogP contribution >= 0.6 is 0 Å². The number of fused-ring (bicyclic) bond motifs is 1. The first kappa shape index (κ1) is 13.6. The molecule has 3 heteroatoms. The largest absolute Gasteiger partial charge is 0.349 e. The van der Waals surface area contributed by atoms with Gasteiger partial charge in [-0.25, -0.2) is 0 Å². The van der Waals surface area contributed by atoms with E-state index in [2.05, 4.69) is 17.3 Å². The standard InChI is InChI=1S/C17H24N2O/c1-19-10-9-14-11-16(8-7-15(14)12-19)18-17(20)13-5-3-2-4-6-13/h2-6,14-16H,7-12H2,1H3,(H,18,20)/t14-,15+,16?/m1/s1. The highest BCUT2D eigenvalue weighted by Crippen LogP contribution is 2.35. The first-order chi connectivity index (χ1) is 9.72. The molecule has 3 atom stereocenters. The van der Waals surface area contributed by atoms with Gasteiger partial charge in [0.2, 0.25) is 0 Å². The predicted molar refractivity (Wildman–Crippen MR) is 80.6 cm³/mol. The Bertz CT molecular complexity index is 459. The van der Waals surface area contributed by atoms with Gasteiger partial charge < -0.3 is 10.2 Å². The Balaban J connectivity index is 1.56. The number of nitrogens with one attached hydrogen (secondary N) is 1. The Morgan fingerprint density at radius 2 is 1.95 bits per heavy atom. The van der Waals surface area contributed by atoms with Gasteiger partial charge in [0.25, 0.3) is 5.91 Å². The van der Waals surface area contributed by atoms with Crippen LogP contribution in [0.15, 0.2) is 30.3 Å². The van der Waals surface area contributed by atoms with E-state index in [1.165, 1.54) is 25.9 Å². The molecule has 1 aliphatic carbocycles. The highest BCUT2D eigenvalue weighted by molar-refractivity contribution is 5.94. The van der Waals surface area contributed by atoms with Gasteiger partial charge in [0.05, 0.1) is 0 Å². The van der Waals surface area contributed by atoms with Crippen molar-refractivity contribution < 1.29 is 4.79 Å². The topological polar surface area (TPSA) is 32.3 Å². The van der Waals surface area contributed by atoms with Crippen LogP contribution in [0.1, 0.15) is 36.0 Å². The van der Waals surface area contributed by atoms with Crippen molar-refractivity contribution in [1.82, 2.24) is 10.2 Å². The molecule has 2 fully saturated rings. The summed E-state index contributed by atoms with van der Waals surface area (Å²) in [6.45, 7) is 2.45. The zero-order valence-electron chi connectivity index (χ0n) is 12.2. The van der Waals surface area contributed by atoms with Crippen molar-refractivity contribution in [1.29, 1.82) is 0 Å². The molecule has 0 aromatic heterocycles. The third kappa shape index (κ3) is 3.04. The molecule has 20 heavy (non-hydrogen) atoms. The lowest BCUT2D eigenvalue weighted by Gasteiger charge is -2.42. The normalized spacial score (nSPS) is 30.6. The molecule has 1 amide bonds. The lowest BCUT2D eigenvalue weighted by Crippen LogP contribution is -2.46. The van der Waals surface area contributed by atoms with Gasteiger partial charge in [0.15, 0.2) is 0 Å². The van der Waals surface area contributed by atoms with E-state index in [0.717, 1.165) is 30.2 Å². The van der Waals surface area contributed by atoms with Crippen LogP contribution < -0.4 is 5.32 Å². The van der Waals surface area contributed by atoms with Crippen molar-refractivity contribution in [2.75, 3.05) is 20.1 Å². The quantitative estimate of drug-likeness (QED) is 0.897. The van der Waals surface area contributed by atoms with Gasteiger partial charge >= 0.3 is 0 Å². The van der Waals surface area contributed by atoms with Gasteiger partial charge in [0.1, 0.15) is 0 Å². The fourth-order valence-corrected chi connectivity index (χ4v) is 3.79. The molecule has 1 saturated carbocycles. The number of hydrogen-bond acceptors (Lipinski definition) is 2. The molecule has 108 valence electrons. The minimum absolute atomic E-state index is 0.0852. The third-order valence-corrected chi connectivity index (χ3v) is 4.94. The second kappa shape index (κ2) is 5.96. The van der Waals surface area contributed by atoms with Crippen LogP contribution in [0.5, 0.6) is 0 Å². The molecule has 3 rings (SSSR count). The lowest BCUT2D eigenvalue weighted by atomic mass is 9.73.